The van der Waals surface area contributed by atoms with Crippen molar-refractivity contribution in [2.24, 2.45) is 7.05 Å². The van der Waals surface area contributed by atoms with Gasteiger partial charge in [0.1, 0.15) is 0 Å². The molecule has 0 aliphatic rings. The second-order valence-corrected chi connectivity index (χ2v) is 7.41. The van der Waals surface area contributed by atoms with Crippen molar-refractivity contribution in [3.8, 4) is 0 Å². The molecule has 0 bridgehead atoms. The summed E-state index contributed by atoms with van der Waals surface area (Å²) >= 11 is 1.76. The van der Waals surface area contributed by atoms with E-state index in [1.807, 2.05) is 17.9 Å². The molecular weight excluding hydrogens is 280 g/mol. The van der Waals surface area contributed by atoms with Crippen LogP contribution in [0.1, 0.15) is 56.6 Å². The maximum atomic E-state index is 4.82. The topological polar surface area (TPSA) is 42.7 Å². The van der Waals surface area contributed by atoms with Crippen molar-refractivity contribution in [1.82, 2.24) is 20.1 Å². The van der Waals surface area contributed by atoms with Gasteiger partial charge in [-0.3, -0.25) is 4.68 Å². The van der Waals surface area contributed by atoms with Gasteiger partial charge < -0.3 is 5.32 Å². The van der Waals surface area contributed by atoms with E-state index in [9.17, 15) is 0 Å². The van der Waals surface area contributed by atoms with E-state index in [0.29, 0.717) is 0 Å². The number of nitrogens with one attached hydrogen (secondary N) is 1. The van der Waals surface area contributed by atoms with Crippen LogP contribution in [0, 0.1) is 0 Å². The Kier molecular flexibility index (Phi) is 5.17. The first-order valence-corrected chi connectivity index (χ1v) is 8.46. The monoisotopic (exact) mass is 306 g/mol. The number of rotatable bonds is 6. The van der Waals surface area contributed by atoms with E-state index in [1.54, 1.807) is 11.3 Å². The Morgan fingerprint density at radius 3 is 2.67 bits per heavy atom. The maximum Gasteiger partial charge on any atom is 0.0948 e. The molecule has 1 N–H and O–H groups in total. The molecule has 2 aromatic heterocycles. The van der Waals surface area contributed by atoms with Crippen LogP contribution >= 0.6 is 11.3 Å². The van der Waals surface area contributed by atoms with Crippen molar-refractivity contribution >= 4 is 11.3 Å². The van der Waals surface area contributed by atoms with E-state index in [2.05, 4.69) is 49.6 Å². The molecule has 0 radical (unpaired) electrons. The molecule has 4 nitrogen and oxygen atoms in total. The van der Waals surface area contributed by atoms with Gasteiger partial charge in [0.05, 0.1) is 22.4 Å². The van der Waals surface area contributed by atoms with Crippen LogP contribution < -0.4 is 5.32 Å². The Balaban J connectivity index is 2.15. The molecule has 0 aliphatic carbocycles. The predicted octanol–water partition coefficient (Wildman–Crippen LogP) is 3.46. The summed E-state index contributed by atoms with van der Waals surface area (Å²) in [6.07, 6.45) is 3.90. The third-order valence-electron chi connectivity index (χ3n) is 3.56. The summed E-state index contributed by atoms with van der Waals surface area (Å²) in [5.41, 5.74) is 2.52. The average Bonchev–Trinajstić information content (AvgIpc) is 3.02. The summed E-state index contributed by atoms with van der Waals surface area (Å²) in [6, 6.07) is 2.36. The molecule has 2 aromatic rings. The number of aromatic nitrogens is 3. The first-order chi connectivity index (χ1) is 9.91. The zero-order chi connectivity index (χ0) is 15.5. The van der Waals surface area contributed by atoms with E-state index in [0.717, 1.165) is 19.4 Å². The smallest absolute Gasteiger partial charge is 0.0948 e. The van der Waals surface area contributed by atoms with Crippen LogP contribution in [0.5, 0.6) is 0 Å². The minimum atomic E-state index is 0.119. The van der Waals surface area contributed by atoms with Gasteiger partial charge in [0.25, 0.3) is 0 Å². The Labute approximate surface area is 131 Å². The number of hydrogen-bond donors (Lipinski definition) is 1. The summed E-state index contributed by atoms with van der Waals surface area (Å²) in [6.45, 7) is 9.82. The molecule has 0 spiro atoms. The molecule has 1 unspecified atom stereocenters. The molecule has 0 aliphatic heterocycles. The molecule has 0 saturated heterocycles. The van der Waals surface area contributed by atoms with Crippen molar-refractivity contribution in [2.45, 2.75) is 52.0 Å². The SMILES string of the molecule is CCCNC(Cc1nc(C(C)(C)C)cs1)c1ccnn1C. The molecule has 1 atom stereocenters. The zero-order valence-electron chi connectivity index (χ0n) is 13.7. The van der Waals surface area contributed by atoms with Crippen LogP contribution in [-0.4, -0.2) is 21.3 Å². The van der Waals surface area contributed by atoms with Crippen LogP contribution in [-0.2, 0) is 18.9 Å². The highest BCUT2D eigenvalue weighted by molar-refractivity contribution is 7.09. The summed E-state index contributed by atoms with van der Waals surface area (Å²) in [5.74, 6) is 0. The average molecular weight is 306 g/mol. The lowest BCUT2D eigenvalue weighted by Crippen LogP contribution is -2.26. The van der Waals surface area contributed by atoms with Crippen molar-refractivity contribution < 1.29 is 0 Å². The van der Waals surface area contributed by atoms with Crippen molar-refractivity contribution in [3.63, 3.8) is 0 Å². The van der Waals surface area contributed by atoms with Crippen LogP contribution in [0.15, 0.2) is 17.6 Å². The van der Waals surface area contributed by atoms with Crippen molar-refractivity contribution in [2.75, 3.05) is 6.54 Å². The van der Waals surface area contributed by atoms with E-state index in [4.69, 9.17) is 4.98 Å². The molecule has 0 saturated carbocycles. The number of hydrogen-bond acceptors (Lipinski definition) is 4. The van der Waals surface area contributed by atoms with Gasteiger partial charge in [-0.25, -0.2) is 4.98 Å². The van der Waals surface area contributed by atoms with E-state index >= 15 is 0 Å². The second kappa shape index (κ2) is 6.71. The Hall–Kier alpha value is -1.20. The van der Waals surface area contributed by atoms with Crippen LogP contribution in [0.3, 0.4) is 0 Å². The predicted molar refractivity (Wildman–Crippen MR) is 88.8 cm³/mol. The van der Waals surface area contributed by atoms with E-state index in [1.165, 1.54) is 16.4 Å². The molecule has 2 heterocycles. The first-order valence-electron chi connectivity index (χ1n) is 7.58. The molecular formula is C16H26N4S. The Bertz CT molecular complexity index is 565. The van der Waals surface area contributed by atoms with Gasteiger partial charge in [-0.1, -0.05) is 27.7 Å². The minimum Gasteiger partial charge on any atom is -0.308 e. The summed E-state index contributed by atoms with van der Waals surface area (Å²) in [5, 5.41) is 11.3. The Morgan fingerprint density at radius 2 is 2.14 bits per heavy atom. The van der Waals surface area contributed by atoms with Crippen molar-refractivity contribution in [3.05, 3.63) is 34.0 Å². The number of aryl methyl sites for hydroxylation is 1. The molecule has 0 aromatic carbocycles. The number of nitrogens with zero attached hydrogens (tertiary/aromatic N) is 3. The fourth-order valence-electron chi connectivity index (χ4n) is 2.25. The third kappa shape index (κ3) is 4.14. The minimum absolute atomic E-state index is 0.119. The summed E-state index contributed by atoms with van der Waals surface area (Å²) < 4.78 is 1.95. The molecule has 0 amide bonds. The highest BCUT2D eigenvalue weighted by atomic mass is 32.1. The highest BCUT2D eigenvalue weighted by Crippen LogP contribution is 2.26. The van der Waals surface area contributed by atoms with Gasteiger partial charge in [-0.2, -0.15) is 5.10 Å². The Morgan fingerprint density at radius 1 is 1.38 bits per heavy atom. The van der Waals surface area contributed by atoms with E-state index in [-0.39, 0.29) is 11.5 Å². The van der Waals surface area contributed by atoms with E-state index < -0.39 is 0 Å². The maximum absolute atomic E-state index is 4.82. The summed E-state index contributed by atoms with van der Waals surface area (Å²) in [7, 11) is 2.00. The van der Waals surface area contributed by atoms with Crippen LogP contribution in [0.2, 0.25) is 0 Å². The lowest BCUT2D eigenvalue weighted by molar-refractivity contribution is 0.490. The van der Waals surface area contributed by atoms with Crippen LogP contribution in [0.25, 0.3) is 0 Å². The quantitative estimate of drug-likeness (QED) is 0.889. The van der Waals surface area contributed by atoms with Gasteiger partial charge in [0.2, 0.25) is 0 Å². The normalized spacial score (nSPS) is 13.6. The largest absolute Gasteiger partial charge is 0.308 e. The van der Waals surface area contributed by atoms with Gasteiger partial charge in [0.15, 0.2) is 0 Å². The molecule has 5 heteroatoms. The molecule has 2 rings (SSSR count). The van der Waals surface area contributed by atoms with Gasteiger partial charge in [0, 0.05) is 30.5 Å². The standard InChI is InChI=1S/C16H26N4S/c1-6-8-17-12(13-7-9-18-20(13)5)10-15-19-14(11-21-15)16(2,3)4/h7,9,11-12,17H,6,8,10H2,1-5H3. The van der Waals surface area contributed by atoms with Crippen molar-refractivity contribution in [1.29, 1.82) is 0 Å². The van der Waals surface area contributed by atoms with Gasteiger partial charge >= 0.3 is 0 Å². The zero-order valence-corrected chi connectivity index (χ0v) is 14.5. The fourth-order valence-corrected chi connectivity index (χ4v) is 3.32. The second-order valence-electron chi connectivity index (χ2n) is 6.47. The van der Waals surface area contributed by atoms with Crippen LogP contribution in [0.4, 0.5) is 0 Å². The molecule has 0 fully saturated rings. The lowest BCUT2D eigenvalue weighted by atomic mass is 9.93. The van der Waals surface area contributed by atoms with Gasteiger partial charge in [-0.15, -0.1) is 11.3 Å². The number of thiazole rings is 1. The molecule has 21 heavy (non-hydrogen) atoms. The fraction of sp³-hybridized carbons (Fsp3) is 0.625. The third-order valence-corrected chi connectivity index (χ3v) is 4.43. The first kappa shape index (κ1) is 16.2. The highest BCUT2D eigenvalue weighted by Gasteiger charge is 2.20. The molecule has 116 valence electrons. The van der Waals surface area contributed by atoms with Gasteiger partial charge in [-0.05, 0) is 19.0 Å². The summed E-state index contributed by atoms with van der Waals surface area (Å²) in [4.78, 5) is 4.82. The lowest BCUT2D eigenvalue weighted by Gasteiger charge is -2.18.